The van der Waals surface area contributed by atoms with Crippen molar-refractivity contribution in [3.8, 4) is 5.75 Å². The number of hydrogen-bond acceptors (Lipinski definition) is 5. The Morgan fingerprint density at radius 2 is 1.88 bits per heavy atom. The second-order valence-corrected chi connectivity index (χ2v) is 5.88. The molecule has 1 amide bonds. The van der Waals surface area contributed by atoms with E-state index in [-0.39, 0.29) is 11.9 Å². The Hall–Kier alpha value is -2.63. The van der Waals surface area contributed by atoms with Gasteiger partial charge in [-0.3, -0.25) is 4.79 Å². The van der Waals surface area contributed by atoms with E-state index >= 15 is 0 Å². The quantitative estimate of drug-likeness (QED) is 0.912. The van der Waals surface area contributed by atoms with Crippen LogP contribution in [0.2, 0.25) is 0 Å². The number of carbonyl (C=O) groups excluding carboxylic acids is 1. The molecule has 2 aromatic rings. The van der Waals surface area contributed by atoms with E-state index in [0.717, 1.165) is 12.2 Å². The normalized spacial score (nSPS) is 11.9. The summed E-state index contributed by atoms with van der Waals surface area (Å²) in [4.78, 5) is 22.4. The summed E-state index contributed by atoms with van der Waals surface area (Å²) in [6.45, 7) is 5.70. The first-order valence-electron chi connectivity index (χ1n) is 7.94. The first-order valence-corrected chi connectivity index (χ1v) is 7.94. The van der Waals surface area contributed by atoms with E-state index in [1.807, 2.05) is 31.2 Å². The highest BCUT2D eigenvalue weighted by atomic mass is 16.5. The van der Waals surface area contributed by atoms with Gasteiger partial charge in [0.15, 0.2) is 0 Å². The number of hydrogen-bond donors (Lipinski definition) is 1. The second-order valence-electron chi connectivity index (χ2n) is 5.88. The summed E-state index contributed by atoms with van der Waals surface area (Å²) in [7, 11) is 3.38. The number of carbonyl (C=O) groups is 1. The molecule has 128 valence electrons. The van der Waals surface area contributed by atoms with Gasteiger partial charge in [0.2, 0.25) is 5.95 Å². The van der Waals surface area contributed by atoms with E-state index in [2.05, 4.69) is 16.9 Å². The SMILES string of the molecule is CCc1ccc(OC(C)c2nc(N)nc(C)c2C(=O)N(C)C)cc1. The lowest BCUT2D eigenvalue weighted by molar-refractivity contribution is 0.0820. The van der Waals surface area contributed by atoms with E-state index in [0.29, 0.717) is 17.0 Å². The van der Waals surface area contributed by atoms with E-state index in [1.54, 1.807) is 21.0 Å². The van der Waals surface area contributed by atoms with Gasteiger partial charge in [0.25, 0.3) is 5.91 Å². The van der Waals surface area contributed by atoms with Crippen molar-refractivity contribution in [3.63, 3.8) is 0 Å². The Bertz CT molecular complexity index is 727. The van der Waals surface area contributed by atoms with Crippen LogP contribution in [-0.4, -0.2) is 34.9 Å². The molecule has 1 unspecified atom stereocenters. The molecule has 24 heavy (non-hydrogen) atoms. The van der Waals surface area contributed by atoms with Crippen LogP contribution in [0, 0.1) is 6.92 Å². The van der Waals surface area contributed by atoms with Crippen molar-refractivity contribution in [2.24, 2.45) is 0 Å². The summed E-state index contributed by atoms with van der Waals surface area (Å²) in [5.74, 6) is 0.687. The first kappa shape index (κ1) is 17.7. The first-order chi connectivity index (χ1) is 11.3. The van der Waals surface area contributed by atoms with E-state index < -0.39 is 6.10 Å². The highest BCUT2D eigenvalue weighted by Crippen LogP contribution is 2.26. The Labute approximate surface area is 142 Å². The largest absolute Gasteiger partial charge is 0.484 e. The molecule has 1 aromatic carbocycles. The maximum Gasteiger partial charge on any atom is 0.257 e. The zero-order valence-electron chi connectivity index (χ0n) is 14.8. The molecule has 0 radical (unpaired) electrons. The number of ether oxygens (including phenoxy) is 1. The van der Waals surface area contributed by atoms with Crippen molar-refractivity contribution >= 4 is 11.9 Å². The van der Waals surface area contributed by atoms with Crippen LogP contribution in [0.4, 0.5) is 5.95 Å². The highest BCUT2D eigenvalue weighted by molar-refractivity contribution is 5.96. The van der Waals surface area contributed by atoms with Crippen LogP contribution in [0.25, 0.3) is 0 Å². The molecular weight excluding hydrogens is 304 g/mol. The molecule has 0 bridgehead atoms. The predicted molar refractivity (Wildman–Crippen MR) is 94.1 cm³/mol. The lowest BCUT2D eigenvalue weighted by Gasteiger charge is -2.20. The maximum atomic E-state index is 12.5. The highest BCUT2D eigenvalue weighted by Gasteiger charge is 2.24. The molecule has 2 N–H and O–H groups in total. The molecular formula is C18H24N4O2. The molecule has 0 spiro atoms. The summed E-state index contributed by atoms with van der Waals surface area (Å²) in [6, 6.07) is 7.88. The van der Waals surface area contributed by atoms with Crippen LogP contribution < -0.4 is 10.5 Å². The predicted octanol–water partition coefficient (Wildman–Crippen LogP) is 2.77. The molecule has 2 rings (SSSR count). The van der Waals surface area contributed by atoms with E-state index in [9.17, 15) is 4.79 Å². The second kappa shape index (κ2) is 7.29. The van der Waals surface area contributed by atoms with Crippen molar-refractivity contribution in [2.75, 3.05) is 19.8 Å². The summed E-state index contributed by atoms with van der Waals surface area (Å²) >= 11 is 0. The fourth-order valence-corrected chi connectivity index (χ4v) is 2.46. The van der Waals surface area contributed by atoms with Crippen LogP contribution in [0.5, 0.6) is 5.75 Å². The fourth-order valence-electron chi connectivity index (χ4n) is 2.46. The molecule has 0 saturated heterocycles. The average Bonchev–Trinajstić information content (AvgIpc) is 2.54. The van der Waals surface area contributed by atoms with Crippen molar-refractivity contribution < 1.29 is 9.53 Å². The molecule has 0 saturated carbocycles. The van der Waals surface area contributed by atoms with Gasteiger partial charge < -0.3 is 15.4 Å². The monoisotopic (exact) mass is 328 g/mol. The van der Waals surface area contributed by atoms with Crippen LogP contribution in [0.3, 0.4) is 0 Å². The summed E-state index contributed by atoms with van der Waals surface area (Å²) < 4.78 is 5.96. The number of amides is 1. The van der Waals surface area contributed by atoms with Crippen molar-refractivity contribution in [1.82, 2.24) is 14.9 Å². The molecule has 1 atom stereocenters. The molecule has 0 aliphatic rings. The third-order valence-electron chi connectivity index (χ3n) is 3.78. The minimum absolute atomic E-state index is 0.134. The number of nitrogens with zero attached hydrogens (tertiary/aromatic N) is 3. The molecule has 0 aliphatic heterocycles. The average molecular weight is 328 g/mol. The standard InChI is InChI=1S/C18H24N4O2/c1-6-13-7-9-14(10-8-13)24-12(3)16-15(17(23)22(4)5)11(2)20-18(19)21-16/h7-10,12H,6H2,1-5H3,(H2,19,20,21). The lowest BCUT2D eigenvalue weighted by Crippen LogP contribution is -2.27. The van der Waals surface area contributed by atoms with Gasteiger partial charge in [-0.15, -0.1) is 0 Å². The van der Waals surface area contributed by atoms with Gasteiger partial charge in [-0.1, -0.05) is 19.1 Å². The molecule has 0 fully saturated rings. The summed E-state index contributed by atoms with van der Waals surface area (Å²) in [5, 5.41) is 0. The van der Waals surface area contributed by atoms with Crippen LogP contribution in [0.1, 0.15) is 47.3 Å². The van der Waals surface area contributed by atoms with Gasteiger partial charge in [0.1, 0.15) is 11.9 Å². The Kier molecular flexibility index (Phi) is 5.39. The van der Waals surface area contributed by atoms with Gasteiger partial charge in [0, 0.05) is 14.1 Å². The number of anilines is 1. The number of nitrogen functional groups attached to an aromatic ring is 1. The van der Waals surface area contributed by atoms with Crippen molar-refractivity contribution in [2.45, 2.75) is 33.3 Å². The lowest BCUT2D eigenvalue weighted by atomic mass is 10.1. The van der Waals surface area contributed by atoms with Gasteiger partial charge >= 0.3 is 0 Å². The summed E-state index contributed by atoms with van der Waals surface area (Å²) in [5.41, 5.74) is 8.49. The van der Waals surface area contributed by atoms with Crippen LogP contribution in [0.15, 0.2) is 24.3 Å². The topological polar surface area (TPSA) is 81.3 Å². The third kappa shape index (κ3) is 3.82. The Morgan fingerprint density at radius 1 is 1.25 bits per heavy atom. The number of aryl methyl sites for hydroxylation is 2. The molecule has 6 nitrogen and oxygen atoms in total. The van der Waals surface area contributed by atoms with Gasteiger partial charge in [-0.05, 0) is 38.0 Å². The van der Waals surface area contributed by atoms with Gasteiger partial charge in [-0.25, -0.2) is 9.97 Å². The van der Waals surface area contributed by atoms with Gasteiger partial charge in [0.05, 0.1) is 17.0 Å². The third-order valence-corrected chi connectivity index (χ3v) is 3.78. The van der Waals surface area contributed by atoms with Gasteiger partial charge in [-0.2, -0.15) is 0 Å². The molecule has 1 heterocycles. The Balaban J connectivity index is 2.36. The number of nitrogens with two attached hydrogens (primary N) is 1. The zero-order chi connectivity index (χ0) is 17.9. The van der Waals surface area contributed by atoms with Crippen molar-refractivity contribution in [3.05, 3.63) is 46.8 Å². The minimum Gasteiger partial charge on any atom is -0.484 e. The van der Waals surface area contributed by atoms with Crippen molar-refractivity contribution in [1.29, 1.82) is 0 Å². The molecule has 1 aromatic heterocycles. The number of aromatic nitrogens is 2. The fraction of sp³-hybridized carbons (Fsp3) is 0.389. The summed E-state index contributed by atoms with van der Waals surface area (Å²) in [6.07, 6.45) is 0.541. The maximum absolute atomic E-state index is 12.5. The Morgan fingerprint density at radius 3 is 2.42 bits per heavy atom. The smallest absolute Gasteiger partial charge is 0.257 e. The van der Waals surface area contributed by atoms with Crippen LogP contribution in [-0.2, 0) is 6.42 Å². The van der Waals surface area contributed by atoms with Crippen LogP contribution >= 0.6 is 0 Å². The van der Waals surface area contributed by atoms with E-state index in [4.69, 9.17) is 10.5 Å². The number of rotatable bonds is 5. The molecule has 6 heteroatoms. The molecule has 0 aliphatic carbocycles. The minimum atomic E-state index is -0.430. The zero-order valence-corrected chi connectivity index (χ0v) is 14.8. The number of benzene rings is 1. The van der Waals surface area contributed by atoms with E-state index in [1.165, 1.54) is 10.5 Å².